The van der Waals surface area contributed by atoms with Crippen LogP contribution < -0.4 is 10.9 Å². The summed E-state index contributed by atoms with van der Waals surface area (Å²) in [5.74, 6) is 0. The highest BCUT2D eigenvalue weighted by atomic mass is 15.4. The molecule has 0 saturated carbocycles. The summed E-state index contributed by atoms with van der Waals surface area (Å²) in [4.78, 5) is 0. The summed E-state index contributed by atoms with van der Waals surface area (Å²) < 4.78 is 0. The van der Waals surface area contributed by atoms with Gasteiger partial charge >= 0.3 is 0 Å². The third-order valence-corrected chi connectivity index (χ3v) is 1.19. The number of rotatable bonds is 0. The van der Waals surface area contributed by atoms with Gasteiger partial charge in [0.05, 0.1) is 6.07 Å². The van der Waals surface area contributed by atoms with Gasteiger partial charge in [0.25, 0.3) is 0 Å². The van der Waals surface area contributed by atoms with E-state index in [0.29, 0.717) is 0 Å². The van der Waals surface area contributed by atoms with Gasteiger partial charge in [-0.05, 0) is 6.42 Å². The quantitative estimate of drug-likeness (QED) is 0.443. The van der Waals surface area contributed by atoms with Crippen LogP contribution in [0.5, 0.6) is 0 Å². The van der Waals surface area contributed by atoms with Crippen molar-refractivity contribution in [3.8, 4) is 6.07 Å². The van der Waals surface area contributed by atoms with Crippen LogP contribution in [0.1, 0.15) is 6.42 Å². The lowest BCUT2D eigenvalue weighted by atomic mass is 10.2. The Balaban J connectivity index is 2.40. The molecule has 0 fully saturated rings. The number of hydrogen-bond donors (Lipinski definition) is 2. The Bertz CT molecular complexity index is 145. The van der Waals surface area contributed by atoms with E-state index in [1.807, 2.05) is 12.2 Å². The molecule has 3 nitrogen and oxygen atoms in total. The van der Waals surface area contributed by atoms with Crippen LogP contribution in [0, 0.1) is 11.3 Å². The van der Waals surface area contributed by atoms with Crippen LogP contribution in [-0.2, 0) is 0 Å². The number of nitriles is 1. The normalized spacial score (nSPS) is 26.8. The molecule has 0 saturated heterocycles. The average molecular weight is 123 g/mol. The zero-order valence-electron chi connectivity index (χ0n) is 5.09. The molecule has 1 heterocycles. The molecule has 0 spiro atoms. The molecule has 1 aliphatic rings. The van der Waals surface area contributed by atoms with Crippen molar-refractivity contribution in [2.24, 2.45) is 0 Å². The molecule has 1 atom stereocenters. The Morgan fingerprint density at radius 2 is 2.44 bits per heavy atom. The summed E-state index contributed by atoms with van der Waals surface area (Å²) in [7, 11) is 0. The standard InChI is InChI=1S/C6H9N3/c7-5-6-3-1-2-4-8-9-6/h1-2,6,8-9H,3-4H2. The van der Waals surface area contributed by atoms with Crippen molar-refractivity contribution in [2.45, 2.75) is 12.5 Å². The Morgan fingerprint density at radius 1 is 1.56 bits per heavy atom. The van der Waals surface area contributed by atoms with Crippen LogP contribution in [0.2, 0.25) is 0 Å². The predicted molar refractivity (Wildman–Crippen MR) is 34.3 cm³/mol. The fourth-order valence-corrected chi connectivity index (χ4v) is 0.701. The van der Waals surface area contributed by atoms with Gasteiger partial charge in [-0.25, -0.2) is 5.43 Å². The molecule has 1 unspecified atom stereocenters. The first-order chi connectivity index (χ1) is 4.43. The monoisotopic (exact) mass is 123 g/mol. The molecule has 0 aromatic rings. The van der Waals surface area contributed by atoms with Gasteiger partial charge in [-0.1, -0.05) is 12.2 Å². The second-order valence-electron chi connectivity index (χ2n) is 1.91. The molecule has 1 aliphatic heterocycles. The topological polar surface area (TPSA) is 47.9 Å². The van der Waals surface area contributed by atoms with Crippen LogP contribution in [0.25, 0.3) is 0 Å². The third kappa shape index (κ3) is 1.84. The van der Waals surface area contributed by atoms with E-state index in [9.17, 15) is 0 Å². The van der Waals surface area contributed by atoms with Gasteiger partial charge < -0.3 is 0 Å². The molecular formula is C6H9N3. The van der Waals surface area contributed by atoms with Crippen LogP contribution in [0.4, 0.5) is 0 Å². The minimum atomic E-state index is -0.0660. The highest BCUT2D eigenvalue weighted by Crippen LogP contribution is 1.92. The number of hydrogen-bond acceptors (Lipinski definition) is 3. The Kier molecular flexibility index (Phi) is 2.25. The second-order valence-corrected chi connectivity index (χ2v) is 1.91. The van der Waals surface area contributed by atoms with Gasteiger partial charge in [-0.15, -0.1) is 0 Å². The largest absolute Gasteiger partial charge is 0.253 e. The second kappa shape index (κ2) is 3.23. The summed E-state index contributed by atoms with van der Waals surface area (Å²) in [5, 5.41) is 8.43. The SMILES string of the molecule is N#CC1CC=CCNN1. The first kappa shape index (κ1) is 6.27. The van der Waals surface area contributed by atoms with Crippen molar-refractivity contribution in [1.29, 1.82) is 5.26 Å². The maximum atomic E-state index is 8.43. The number of nitrogens with zero attached hydrogens (tertiary/aromatic N) is 1. The van der Waals surface area contributed by atoms with E-state index < -0.39 is 0 Å². The molecular weight excluding hydrogens is 114 g/mol. The van der Waals surface area contributed by atoms with Crippen molar-refractivity contribution < 1.29 is 0 Å². The first-order valence-electron chi connectivity index (χ1n) is 2.96. The Labute approximate surface area is 54.3 Å². The minimum absolute atomic E-state index is 0.0660. The molecule has 0 bridgehead atoms. The van der Waals surface area contributed by atoms with E-state index in [-0.39, 0.29) is 6.04 Å². The van der Waals surface area contributed by atoms with E-state index in [1.54, 1.807) is 0 Å². The minimum Gasteiger partial charge on any atom is -0.253 e. The molecule has 0 amide bonds. The molecule has 0 radical (unpaired) electrons. The highest BCUT2D eigenvalue weighted by Gasteiger charge is 2.03. The van der Waals surface area contributed by atoms with Gasteiger partial charge in [-0.2, -0.15) is 5.26 Å². The lowest BCUT2D eigenvalue weighted by molar-refractivity contribution is 0.525. The number of nitrogens with one attached hydrogen (secondary N) is 2. The average Bonchev–Trinajstić information content (AvgIpc) is 2.13. The zero-order valence-corrected chi connectivity index (χ0v) is 5.09. The number of hydrazine groups is 1. The van der Waals surface area contributed by atoms with Gasteiger partial charge in [0, 0.05) is 6.54 Å². The molecule has 0 aliphatic carbocycles. The highest BCUT2D eigenvalue weighted by molar-refractivity contribution is 4.99. The summed E-state index contributed by atoms with van der Waals surface area (Å²) >= 11 is 0. The first-order valence-corrected chi connectivity index (χ1v) is 2.96. The van der Waals surface area contributed by atoms with E-state index in [4.69, 9.17) is 5.26 Å². The lowest BCUT2D eigenvalue weighted by Gasteiger charge is -2.04. The van der Waals surface area contributed by atoms with Gasteiger partial charge in [0.1, 0.15) is 6.04 Å². The van der Waals surface area contributed by atoms with E-state index in [0.717, 1.165) is 13.0 Å². The molecule has 2 N–H and O–H groups in total. The fourth-order valence-electron chi connectivity index (χ4n) is 0.701. The fraction of sp³-hybridized carbons (Fsp3) is 0.500. The van der Waals surface area contributed by atoms with Gasteiger partial charge in [0.2, 0.25) is 0 Å². The summed E-state index contributed by atoms with van der Waals surface area (Å²) in [6, 6.07) is 2.05. The predicted octanol–water partition coefficient (Wildman–Crippen LogP) is -0.0673. The van der Waals surface area contributed by atoms with E-state index >= 15 is 0 Å². The van der Waals surface area contributed by atoms with Crippen LogP contribution in [0.3, 0.4) is 0 Å². The maximum absolute atomic E-state index is 8.43. The van der Waals surface area contributed by atoms with Crippen molar-refractivity contribution in [1.82, 2.24) is 10.9 Å². The third-order valence-electron chi connectivity index (χ3n) is 1.19. The Hall–Kier alpha value is -0.850. The molecule has 9 heavy (non-hydrogen) atoms. The van der Waals surface area contributed by atoms with Gasteiger partial charge in [0.15, 0.2) is 0 Å². The van der Waals surface area contributed by atoms with E-state index in [2.05, 4.69) is 16.9 Å². The summed E-state index contributed by atoms with van der Waals surface area (Å²) in [6.07, 6.45) is 4.80. The summed E-state index contributed by atoms with van der Waals surface area (Å²) in [6.45, 7) is 0.804. The van der Waals surface area contributed by atoms with E-state index in [1.165, 1.54) is 0 Å². The lowest BCUT2D eigenvalue weighted by Crippen LogP contribution is -2.38. The summed E-state index contributed by atoms with van der Waals surface area (Å²) in [5.41, 5.74) is 5.75. The maximum Gasteiger partial charge on any atom is 0.111 e. The van der Waals surface area contributed by atoms with Gasteiger partial charge in [-0.3, -0.25) is 5.43 Å². The van der Waals surface area contributed by atoms with Crippen LogP contribution >= 0.6 is 0 Å². The van der Waals surface area contributed by atoms with Crippen molar-refractivity contribution >= 4 is 0 Å². The van der Waals surface area contributed by atoms with Crippen LogP contribution in [0.15, 0.2) is 12.2 Å². The molecule has 48 valence electrons. The Morgan fingerprint density at radius 3 is 3.22 bits per heavy atom. The molecule has 1 rings (SSSR count). The van der Waals surface area contributed by atoms with Crippen molar-refractivity contribution in [3.63, 3.8) is 0 Å². The van der Waals surface area contributed by atoms with Crippen LogP contribution in [-0.4, -0.2) is 12.6 Å². The molecule has 0 aromatic carbocycles. The van der Waals surface area contributed by atoms with Crippen molar-refractivity contribution in [2.75, 3.05) is 6.54 Å². The smallest absolute Gasteiger partial charge is 0.111 e. The van der Waals surface area contributed by atoms with Crippen molar-refractivity contribution in [3.05, 3.63) is 12.2 Å². The zero-order chi connectivity index (χ0) is 6.53. The molecule has 3 heteroatoms. The molecule has 0 aromatic heterocycles.